The topological polar surface area (TPSA) is 46.2 Å². The predicted octanol–water partition coefficient (Wildman–Crippen LogP) is 2.88. The smallest absolute Gasteiger partial charge is 0.131 e. The van der Waals surface area contributed by atoms with Gasteiger partial charge in [0, 0.05) is 24.1 Å². The summed E-state index contributed by atoms with van der Waals surface area (Å²) in [6.45, 7) is 0.00143. The summed E-state index contributed by atoms with van der Waals surface area (Å²) < 4.78 is 39.8. The normalized spacial score (nSPS) is 14.1. The zero-order chi connectivity index (χ0) is 14.7. The van der Waals surface area contributed by atoms with Crippen LogP contribution in [0.25, 0.3) is 0 Å². The van der Waals surface area contributed by atoms with E-state index in [0.29, 0.717) is 11.6 Å². The molecule has 0 amide bonds. The maximum Gasteiger partial charge on any atom is 0.131 e. The lowest BCUT2D eigenvalue weighted by molar-refractivity contribution is 0.143. The molecule has 5 heteroatoms. The van der Waals surface area contributed by atoms with Gasteiger partial charge in [0.2, 0.25) is 0 Å². The Bertz CT molecular complexity index is 603. The number of aliphatic hydroxyl groups excluding tert-OH is 1. The quantitative estimate of drug-likeness (QED) is 0.905. The second-order valence-electron chi connectivity index (χ2n) is 4.51. The van der Waals surface area contributed by atoms with Crippen LogP contribution >= 0.6 is 0 Å². The van der Waals surface area contributed by atoms with Crippen molar-refractivity contribution in [3.8, 4) is 0 Å². The second-order valence-corrected chi connectivity index (χ2v) is 4.51. The molecule has 106 valence electrons. The number of hydrogen-bond donors (Lipinski definition) is 2. The fraction of sp³-hybridized carbons (Fsp3) is 0.200. The van der Waals surface area contributed by atoms with Crippen molar-refractivity contribution in [1.82, 2.24) is 0 Å². The van der Waals surface area contributed by atoms with E-state index in [1.807, 2.05) is 0 Å². The van der Waals surface area contributed by atoms with Gasteiger partial charge in [-0.3, -0.25) is 0 Å². The Morgan fingerprint density at radius 2 is 1.70 bits per heavy atom. The molecular formula is C15H14F3NO. The van der Waals surface area contributed by atoms with Crippen molar-refractivity contribution in [3.05, 3.63) is 71.0 Å². The van der Waals surface area contributed by atoms with Crippen LogP contribution in [-0.4, -0.2) is 11.7 Å². The average Bonchev–Trinajstić information content (AvgIpc) is 2.39. The van der Waals surface area contributed by atoms with E-state index >= 15 is 0 Å². The predicted molar refractivity (Wildman–Crippen MR) is 69.5 cm³/mol. The largest absolute Gasteiger partial charge is 0.388 e. The van der Waals surface area contributed by atoms with Gasteiger partial charge in [-0.2, -0.15) is 0 Å². The highest BCUT2D eigenvalue weighted by Crippen LogP contribution is 2.32. The lowest BCUT2D eigenvalue weighted by Gasteiger charge is -2.22. The van der Waals surface area contributed by atoms with Gasteiger partial charge in [-0.25, -0.2) is 13.2 Å². The van der Waals surface area contributed by atoms with Crippen LogP contribution in [0, 0.1) is 17.5 Å². The monoisotopic (exact) mass is 281 g/mol. The molecule has 20 heavy (non-hydrogen) atoms. The van der Waals surface area contributed by atoms with Crippen LogP contribution in [-0.2, 0) is 0 Å². The van der Waals surface area contributed by atoms with Crippen LogP contribution in [0.15, 0.2) is 42.5 Å². The molecular weight excluding hydrogens is 267 g/mol. The van der Waals surface area contributed by atoms with Gasteiger partial charge in [-0.1, -0.05) is 18.2 Å². The molecule has 0 bridgehead atoms. The number of benzene rings is 2. The third-order valence-electron chi connectivity index (χ3n) is 3.19. The lowest BCUT2D eigenvalue weighted by Crippen LogP contribution is -2.21. The van der Waals surface area contributed by atoms with E-state index in [9.17, 15) is 18.3 Å². The zero-order valence-corrected chi connectivity index (χ0v) is 10.6. The van der Waals surface area contributed by atoms with E-state index in [1.54, 1.807) is 6.07 Å². The second kappa shape index (κ2) is 6.07. The maximum atomic E-state index is 13.7. The number of rotatable bonds is 4. The van der Waals surface area contributed by atoms with Crippen LogP contribution < -0.4 is 5.73 Å². The van der Waals surface area contributed by atoms with Crippen molar-refractivity contribution < 1.29 is 18.3 Å². The summed E-state index contributed by atoms with van der Waals surface area (Å²) in [5.41, 5.74) is 5.99. The molecule has 0 aromatic heterocycles. The first-order valence-electron chi connectivity index (χ1n) is 6.11. The molecule has 0 fully saturated rings. The van der Waals surface area contributed by atoms with Crippen LogP contribution in [0.1, 0.15) is 23.1 Å². The Kier molecular flexibility index (Phi) is 4.42. The summed E-state index contributed by atoms with van der Waals surface area (Å²) in [5.74, 6) is -2.72. The van der Waals surface area contributed by atoms with Gasteiger partial charge in [0.25, 0.3) is 0 Å². The van der Waals surface area contributed by atoms with Crippen LogP contribution in [0.3, 0.4) is 0 Å². The van der Waals surface area contributed by atoms with Gasteiger partial charge in [0.1, 0.15) is 17.5 Å². The summed E-state index contributed by atoms with van der Waals surface area (Å²) in [4.78, 5) is 0. The molecule has 0 aliphatic carbocycles. The van der Waals surface area contributed by atoms with Crippen LogP contribution in [0.5, 0.6) is 0 Å². The first-order chi connectivity index (χ1) is 9.52. The number of hydrogen-bond acceptors (Lipinski definition) is 2. The van der Waals surface area contributed by atoms with Gasteiger partial charge in [-0.05, 0) is 23.8 Å². The highest BCUT2D eigenvalue weighted by atomic mass is 19.1. The average molecular weight is 281 g/mol. The third kappa shape index (κ3) is 3.00. The molecule has 0 radical (unpaired) electrons. The van der Waals surface area contributed by atoms with Crippen molar-refractivity contribution in [3.63, 3.8) is 0 Å². The standard InChI is InChI=1S/C15H14F3NO/c16-10-3-1-2-9(6-10)13(8-19)15(20)12-5-4-11(17)7-14(12)18/h1-7,13,15,20H,8,19H2. The van der Waals surface area contributed by atoms with Crippen LogP contribution in [0.2, 0.25) is 0 Å². The van der Waals surface area contributed by atoms with E-state index < -0.39 is 29.5 Å². The molecule has 2 unspecified atom stereocenters. The highest BCUT2D eigenvalue weighted by Gasteiger charge is 2.24. The molecule has 0 heterocycles. The molecule has 0 aliphatic rings. The summed E-state index contributed by atoms with van der Waals surface area (Å²) in [6, 6.07) is 8.51. The van der Waals surface area contributed by atoms with Crippen molar-refractivity contribution in [2.45, 2.75) is 12.0 Å². The molecule has 3 N–H and O–H groups in total. The molecule has 0 aliphatic heterocycles. The van der Waals surface area contributed by atoms with E-state index in [4.69, 9.17) is 5.73 Å². The van der Waals surface area contributed by atoms with Gasteiger partial charge >= 0.3 is 0 Å². The molecule has 2 rings (SSSR count). The van der Waals surface area contributed by atoms with Crippen molar-refractivity contribution in [2.75, 3.05) is 6.54 Å². The zero-order valence-electron chi connectivity index (χ0n) is 10.6. The Hall–Kier alpha value is -1.85. The Morgan fingerprint density at radius 1 is 1.00 bits per heavy atom. The number of nitrogens with two attached hydrogens (primary N) is 1. The minimum absolute atomic E-state index is 0.00143. The number of aliphatic hydroxyl groups is 1. The maximum absolute atomic E-state index is 13.7. The fourth-order valence-electron chi connectivity index (χ4n) is 2.14. The van der Waals surface area contributed by atoms with Crippen molar-refractivity contribution in [1.29, 1.82) is 0 Å². The molecule has 2 atom stereocenters. The minimum atomic E-state index is -1.28. The van der Waals surface area contributed by atoms with Crippen molar-refractivity contribution >= 4 is 0 Å². The fourth-order valence-corrected chi connectivity index (χ4v) is 2.14. The van der Waals surface area contributed by atoms with Gasteiger partial charge in [0.15, 0.2) is 0 Å². The number of halogens is 3. The van der Waals surface area contributed by atoms with Gasteiger partial charge in [0.05, 0.1) is 6.10 Å². The highest BCUT2D eigenvalue weighted by molar-refractivity contribution is 5.28. The molecule has 2 nitrogen and oxygen atoms in total. The molecule has 2 aromatic rings. The van der Waals surface area contributed by atoms with E-state index in [-0.39, 0.29) is 12.1 Å². The van der Waals surface area contributed by atoms with E-state index in [2.05, 4.69) is 0 Å². The van der Waals surface area contributed by atoms with Crippen molar-refractivity contribution in [2.24, 2.45) is 5.73 Å². The molecule has 0 saturated heterocycles. The Balaban J connectivity index is 2.36. The van der Waals surface area contributed by atoms with E-state index in [0.717, 1.165) is 12.1 Å². The Labute approximate surface area is 114 Å². The summed E-state index contributed by atoms with van der Waals surface area (Å²) in [5, 5.41) is 10.2. The third-order valence-corrected chi connectivity index (χ3v) is 3.19. The summed E-state index contributed by atoms with van der Waals surface area (Å²) >= 11 is 0. The van der Waals surface area contributed by atoms with E-state index in [1.165, 1.54) is 18.2 Å². The lowest BCUT2D eigenvalue weighted by atomic mass is 9.89. The van der Waals surface area contributed by atoms with Crippen LogP contribution in [0.4, 0.5) is 13.2 Å². The minimum Gasteiger partial charge on any atom is -0.388 e. The van der Waals surface area contributed by atoms with Gasteiger partial charge in [-0.15, -0.1) is 0 Å². The molecule has 2 aromatic carbocycles. The molecule has 0 saturated carbocycles. The Morgan fingerprint density at radius 3 is 2.30 bits per heavy atom. The SMILES string of the molecule is NCC(c1cccc(F)c1)C(O)c1ccc(F)cc1F. The van der Waals surface area contributed by atoms with Gasteiger partial charge < -0.3 is 10.8 Å². The summed E-state index contributed by atoms with van der Waals surface area (Å²) in [7, 11) is 0. The first kappa shape index (κ1) is 14.6. The summed E-state index contributed by atoms with van der Waals surface area (Å²) in [6.07, 6.45) is -1.28. The first-order valence-corrected chi connectivity index (χ1v) is 6.11. The molecule has 0 spiro atoms.